The van der Waals surface area contributed by atoms with Crippen LogP contribution in [0.5, 0.6) is 0 Å². The van der Waals surface area contributed by atoms with Crippen molar-refractivity contribution in [2.24, 2.45) is 0 Å². The molecule has 0 fully saturated rings. The molecule has 6 heteroatoms. The molecule has 0 aliphatic rings. The molecule has 0 saturated heterocycles. The van der Waals surface area contributed by atoms with Crippen LogP contribution >= 0.6 is 11.8 Å². The van der Waals surface area contributed by atoms with Crippen LogP contribution in [0.4, 0.5) is 5.69 Å². The predicted octanol–water partition coefficient (Wildman–Crippen LogP) is 3.87. The Morgan fingerprint density at radius 2 is 1.78 bits per heavy atom. The third-order valence-electron chi connectivity index (χ3n) is 3.37. The highest BCUT2D eigenvalue weighted by Crippen LogP contribution is 2.21. The number of non-ortho nitro benzene ring substituents is 1. The van der Waals surface area contributed by atoms with Gasteiger partial charge in [0.2, 0.25) is 5.91 Å². The maximum Gasteiger partial charge on any atom is 0.269 e. The summed E-state index contributed by atoms with van der Waals surface area (Å²) in [6.45, 7) is 3.97. The van der Waals surface area contributed by atoms with Gasteiger partial charge in [0.15, 0.2) is 0 Å². The lowest BCUT2D eigenvalue weighted by Crippen LogP contribution is -2.28. The van der Waals surface area contributed by atoms with Gasteiger partial charge in [-0.05, 0) is 31.5 Å². The SMILES string of the molecule is Cc1ccc(C(C)NC(=O)CSc2ccc([N+](=O)[O-])cc2)cc1. The van der Waals surface area contributed by atoms with Crippen molar-refractivity contribution in [3.63, 3.8) is 0 Å². The Labute approximate surface area is 139 Å². The van der Waals surface area contributed by atoms with Crippen LogP contribution < -0.4 is 5.32 Å². The maximum atomic E-state index is 12.0. The van der Waals surface area contributed by atoms with Gasteiger partial charge >= 0.3 is 0 Å². The van der Waals surface area contributed by atoms with Crippen LogP contribution in [0.1, 0.15) is 24.1 Å². The minimum Gasteiger partial charge on any atom is -0.349 e. The van der Waals surface area contributed by atoms with Gasteiger partial charge in [-0.2, -0.15) is 0 Å². The Kier molecular flexibility index (Phi) is 5.76. The lowest BCUT2D eigenvalue weighted by molar-refractivity contribution is -0.384. The zero-order chi connectivity index (χ0) is 16.8. The first-order valence-electron chi connectivity index (χ1n) is 7.19. The number of aryl methyl sites for hydroxylation is 1. The smallest absolute Gasteiger partial charge is 0.269 e. The number of rotatable bonds is 6. The Balaban J connectivity index is 1.84. The van der Waals surface area contributed by atoms with Gasteiger partial charge in [0.25, 0.3) is 5.69 Å². The second-order valence-corrected chi connectivity index (χ2v) is 6.29. The van der Waals surface area contributed by atoms with Crippen LogP contribution in [0.2, 0.25) is 0 Å². The number of nitrogens with one attached hydrogen (secondary N) is 1. The summed E-state index contributed by atoms with van der Waals surface area (Å²) >= 11 is 1.35. The first kappa shape index (κ1) is 17.0. The summed E-state index contributed by atoms with van der Waals surface area (Å²) in [5.74, 6) is 0.204. The Hall–Kier alpha value is -2.34. The van der Waals surface area contributed by atoms with E-state index in [2.05, 4.69) is 5.32 Å². The van der Waals surface area contributed by atoms with Gasteiger partial charge < -0.3 is 5.32 Å². The molecule has 0 aromatic heterocycles. The number of nitrogens with zero attached hydrogens (tertiary/aromatic N) is 1. The molecule has 0 aliphatic carbocycles. The highest BCUT2D eigenvalue weighted by atomic mass is 32.2. The fourth-order valence-electron chi connectivity index (χ4n) is 2.03. The maximum absolute atomic E-state index is 12.0. The van der Waals surface area contributed by atoms with Crippen LogP contribution in [0.15, 0.2) is 53.4 Å². The molecule has 1 atom stereocenters. The molecule has 1 N–H and O–H groups in total. The van der Waals surface area contributed by atoms with Crippen molar-refractivity contribution in [3.05, 3.63) is 69.8 Å². The number of hydrogen-bond donors (Lipinski definition) is 1. The largest absolute Gasteiger partial charge is 0.349 e. The molecule has 0 radical (unpaired) electrons. The van der Waals surface area contributed by atoms with E-state index in [1.54, 1.807) is 12.1 Å². The second-order valence-electron chi connectivity index (χ2n) is 5.24. The summed E-state index contributed by atoms with van der Waals surface area (Å²) in [7, 11) is 0. The minimum atomic E-state index is -0.440. The monoisotopic (exact) mass is 330 g/mol. The standard InChI is InChI=1S/C17H18N2O3S/c1-12-3-5-14(6-4-12)13(2)18-17(20)11-23-16-9-7-15(8-10-16)19(21)22/h3-10,13H,11H2,1-2H3,(H,18,20). The number of thioether (sulfide) groups is 1. The third kappa shape index (κ3) is 5.10. The fourth-order valence-corrected chi connectivity index (χ4v) is 2.74. The Bertz CT molecular complexity index is 684. The van der Waals surface area contributed by atoms with Crippen molar-refractivity contribution in [2.45, 2.75) is 24.8 Å². The van der Waals surface area contributed by atoms with E-state index in [1.807, 2.05) is 38.1 Å². The summed E-state index contributed by atoms with van der Waals surface area (Å²) in [6.07, 6.45) is 0. The normalized spacial score (nSPS) is 11.7. The van der Waals surface area contributed by atoms with Crippen molar-refractivity contribution in [1.29, 1.82) is 0 Å². The van der Waals surface area contributed by atoms with E-state index in [9.17, 15) is 14.9 Å². The lowest BCUT2D eigenvalue weighted by atomic mass is 10.1. The first-order chi connectivity index (χ1) is 11.0. The number of hydrogen-bond acceptors (Lipinski definition) is 4. The molecule has 1 unspecified atom stereocenters. The first-order valence-corrected chi connectivity index (χ1v) is 8.17. The van der Waals surface area contributed by atoms with Crippen LogP contribution in [-0.2, 0) is 4.79 Å². The summed E-state index contributed by atoms with van der Waals surface area (Å²) in [5.41, 5.74) is 2.29. The van der Waals surface area contributed by atoms with E-state index in [0.29, 0.717) is 0 Å². The molecule has 0 spiro atoms. The summed E-state index contributed by atoms with van der Waals surface area (Å²) < 4.78 is 0. The molecular formula is C17H18N2O3S. The fraction of sp³-hybridized carbons (Fsp3) is 0.235. The second kappa shape index (κ2) is 7.78. The van der Waals surface area contributed by atoms with Gasteiger partial charge in [-0.15, -0.1) is 11.8 Å². The lowest BCUT2D eigenvalue weighted by Gasteiger charge is -2.14. The van der Waals surface area contributed by atoms with Crippen LogP contribution in [-0.4, -0.2) is 16.6 Å². The van der Waals surface area contributed by atoms with Crippen molar-refractivity contribution in [1.82, 2.24) is 5.32 Å². The average molecular weight is 330 g/mol. The van der Waals surface area contributed by atoms with E-state index in [0.717, 1.165) is 10.5 Å². The van der Waals surface area contributed by atoms with Gasteiger partial charge in [0, 0.05) is 17.0 Å². The molecular weight excluding hydrogens is 312 g/mol. The number of carbonyl (C=O) groups excluding carboxylic acids is 1. The van der Waals surface area contributed by atoms with Gasteiger partial charge in [0.05, 0.1) is 16.7 Å². The Morgan fingerprint density at radius 1 is 1.17 bits per heavy atom. The van der Waals surface area contributed by atoms with Crippen molar-refractivity contribution >= 4 is 23.4 Å². The van der Waals surface area contributed by atoms with Crippen molar-refractivity contribution in [3.8, 4) is 0 Å². The quantitative estimate of drug-likeness (QED) is 0.496. The molecule has 23 heavy (non-hydrogen) atoms. The zero-order valence-corrected chi connectivity index (χ0v) is 13.8. The number of carbonyl (C=O) groups is 1. The number of nitro benzene ring substituents is 1. The molecule has 1 amide bonds. The van der Waals surface area contributed by atoms with E-state index >= 15 is 0 Å². The predicted molar refractivity (Wildman–Crippen MR) is 91.6 cm³/mol. The number of amides is 1. The van der Waals surface area contributed by atoms with Gasteiger partial charge in [-0.1, -0.05) is 29.8 Å². The van der Waals surface area contributed by atoms with Crippen LogP contribution in [0.25, 0.3) is 0 Å². The van der Waals surface area contributed by atoms with Crippen LogP contribution in [0.3, 0.4) is 0 Å². The van der Waals surface area contributed by atoms with E-state index in [1.165, 1.54) is 29.5 Å². The third-order valence-corrected chi connectivity index (χ3v) is 4.38. The van der Waals surface area contributed by atoms with Crippen molar-refractivity contribution in [2.75, 3.05) is 5.75 Å². The topological polar surface area (TPSA) is 72.2 Å². The number of nitro groups is 1. The zero-order valence-electron chi connectivity index (χ0n) is 13.0. The van der Waals surface area contributed by atoms with Crippen molar-refractivity contribution < 1.29 is 9.72 Å². The molecule has 0 bridgehead atoms. The summed E-state index contributed by atoms with van der Waals surface area (Å²) in [5, 5.41) is 13.5. The molecule has 2 rings (SSSR count). The van der Waals surface area contributed by atoms with Gasteiger partial charge in [0.1, 0.15) is 0 Å². The Morgan fingerprint density at radius 3 is 2.35 bits per heavy atom. The van der Waals surface area contributed by atoms with Gasteiger partial charge in [-0.3, -0.25) is 14.9 Å². The summed E-state index contributed by atoms with van der Waals surface area (Å²) in [6, 6.07) is 14.2. The molecule has 2 aromatic rings. The molecule has 0 aliphatic heterocycles. The van der Waals surface area contributed by atoms with Gasteiger partial charge in [-0.25, -0.2) is 0 Å². The highest BCUT2D eigenvalue weighted by molar-refractivity contribution is 8.00. The molecule has 0 saturated carbocycles. The van der Waals surface area contributed by atoms with E-state index in [4.69, 9.17) is 0 Å². The van der Waals surface area contributed by atoms with E-state index < -0.39 is 4.92 Å². The molecule has 5 nitrogen and oxygen atoms in total. The van der Waals surface area contributed by atoms with E-state index in [-0.39, 0.29) is 23.4 Å². The molecule has 120 valence electrons. The molecule has 0 heterocycles. The minimum absolute atomic E-state index is 0.0480. The molecule has 2 aromatic carbocycles. The highest BCUT2D eigenvalue weighted by Gasteiger charge is 2.10. The average Bonchev–Trinajstić information content (AvgIpc) is 2.54. The van der Waals surface area contributed by atoms with Crippen LogP contribution in [0, 0.1) is 17.0 Å². The number of benzene rings is 2. The summed E-state index contributed by atoms with van der Waals surface area (Å²) in [4.78, 5) is 23.0.